The van der Waals surface area contributed by atoms with Crippen LogP contribution in [0.1, 0.15) is 0 Å². The van der Waals surface area contributed by atoms with Crippen LogP contribution < -0.4 is 8.61 Å². The third-order valence-corrected chi connectivity index (χ3v) is 6.67. The summed E-state index contributed by atoms with van der Waals surface area (Å²) in [5, 5.41) is 18.5. The Labute approximate surface area is 186 Å². The monoisotopic (exact) mass is 536 g/mol. The molecule has 10 nitrogen and oxygen atoms in total. The van der Waals surface area contributed by atoms with Crippen molar-refractivity contribution in [2.75, 3.05) is 8.61 Å². The number of anilines is 2. The number of hydrogen-bond acceptors (Lipinski definition) is 8. The van der Waals surface area contributed by atoms with Gasteiger partial charge in [-0.05, 0) is 48.5 Å². The highest BCUT2D eigenvalue weighted by atomic mass is 32.2. The predicted molar refractivity (Wildman–Crippen MR) is 101 cm³/mol. The zero-order valence-electron chi connectivity index (χ0n) is 15.9. The van der Waals surface area contributed by atoms with Gasteiger partial charge < -0.3 is 10.2 Å². The fourth-order valence-corrected chi connectivity index (χ4v) is 4.09. The molecule has 186 valence electrons. The smallest absolute Gasteiger partial charge is 0.508 e. The highest BCUT2D eigenvalue weighted by Gasteiger charge is 2.58. The average molecular weight is 536 g/mol. The van der Waals surface area contributed by atoms with Crippen molar-refractivity contribution < 1.29 is 63.0 Å². The van der Waals surface area contributed by atoms with E-state index in [1.165, 1.54) is 0 Å². The summed E-state index contributed by atoms with van der Waals surface area (Å²) in [4.78, 5) is 25.2. The van der Waals surface area contributed by atoms with Crippen LogP contribution in [0.25, 0.3) is 0 Å². The summed E-state index contributed by atoms with van der Waals surface area (Å²) < 4.78 is 124. The standard InChI is InChI=1S/C16H10F6N2O8S2/c17-15(18,19)33(29,30)23(9-1-5-11(25)6-2-9)13(27)14(28)24(34(31,32)16(20,21)22)10-3-7-12(26)8-4-10/h1-8,25-26H. The number of amides is 2. The summed E-state index contributed by atoms with van der Waals surface area (Å²) >= 11 is 0. The van der Waals surface area contributed by atoms with Gasteiger partial charge in [-0.2, -0.15) is 51.8 Å². The van der Waals surface area contributed by atoms with Crippen molar-refractivity contribution in [1.82, 2.24) is 0 Å². The van der Waals surface area contributed by atoms with E-state index in [0.29, 0.717) is 48.5 Å². The number of halogens is 6. The van der Waals surface area contributed by atoms with Crippen molar-refractivity contribution in [3.8, 4) is 11.5 Å². The Hall–Kier alpha value is -3.54. The molecular weight excluding hydrogens is 526 g/mol. The number of alkyl halides is 6. The lowest BCUT2D eigenvalue weighted by Gasteiger charge is -2.27. The maximum Gasteiger partial charge on any atom is 0.517 e. The largest absolute Gasteiger partial charge is 0.517 e. The van der Waals surface area contributed by atoms with Gasteiger partial charge in [0.25, 0.3) is 0 Å². The molecule has 2 amide bonds. The molecule has 2 N–H and O–H groups in total. The molecule has 0 heterocycles. The fraction of sp³-hybridized carbons (Fsp3) is 0.125. The molecule has 0 unspecified atom stereocenters. The molecular formula is C16H10F6N2O8S2. The van der Waals surface area contributed by atoms with E-state index in [1.807, 2.05) is 0 Å². The lowest BCUT2D eigenvalue weighted by molar-refractivity contribution is -0.135. The molecule has 2 aromatic carbocycles. The number of carbonyl (C=O) groups is 2. The quantitative estimate of drug-likeness (QED) is 0.446. The van der Waals surface area contributed by atoms with E-state index in [1.54, 1.807) is 0 Å². The van der Waals surface area contributed by atoms with Gasteiger partial charge in [-0.1, -0.05) is 0 Å². The SMILES string of the molecule is O=C(C(=O)N(c1ccc(O)cc1)S(=O)(=O)C(F)(F)F)N(c1ccc(O)cc1)S(=O)(=O)C(F)(F)F. The minimum Gasteiger partial charge on any atom is -0.508 e. The minimum atomic E-state index is -6.81. The van der Waals surface area contributed by atoms with Gasteiger partial charge >= 0.3 is 42.9 Å². The number of sulfonamides is 2. The highest BCUT2D eigenvalue weighted by molar-refractivity contribution is 7.95. The van der Waals surface area contributed by atoms with Crippen LogP contribution in [-0.2, 0) is 29.6 Å². The van der Waals surface area contributed by atoms with Crippen LogP contribution in [0.15, 0.2) is 48.5 Å². The van der Waals surface area contributed by atoms with E-state index in [2.05, 4.69) is 0 Å². The summed E-state index contributed by atoms with van der Waals surface area (Å²) in [7, 11) is -13.6. The Balaban J connectivity index is 2.78. The highest BCUT2D eigenvalue weighted by Crippen LogP contribution is 2.35. The first-order chi connectivity index (χ1) is 15.3. The van der Waals surface area contributed by atoms with Crippen molar-refractivity contribution in [3.05, 3.63) is 48.5 Å². The summed E-state index contributed by atoms with van der Waals surface area (Å²) in [5.41, 5.74) is -15.1. The Morgan fingerprint density at radius 3 is 1.03 bits per heavy atom. The molecule has 0 saturated carbocycles. The second-order valence-electron chi connectivity index (χ2n) is 6.07. The van der Waals surface area contributed by atoms with Gasteiger partial charge in [0.05, 0.1) is 11.4 Å². The van der Waals surface area contributed by atoms with E-state index >= 15 is 0 Å². The maximum absolute atomic E-state index is 13.2. The van der Waals surface area contributed by atoms with E-state index in [4.69, 9.17) is 0 Å². The molecule has 2 rings (SSSR count). The molecule has 0 aliphatic rings. The van der Waals surface area contributed by atoms with Crippen LogP contribution in [-0.4, -0.2) is 49.9 Å². The number of phenolic OH excluding ortho intramolecular Hbond substituents is 2. The molecule has 0 bridgehead atoms. The first-order valence-corrected chi connectivity index (χ1v) is 11.1. The summed E-state index contributed by atoms with van der Waals surface area (Å²) in [6.45, 7) is 0. The fourth-order valence-electron chi connectivity index (χ4n) is 2.29. The third kappa shape index (κ3) is 4.86. The summed E-state index contributed by atoms with van der Waals surface area (Å²) in [6, 6.07) is 3.90. The molecule has 0 atom stereocenters. The van der Waals surface area contributed by atoms with Crippen molar-refractivity contribution in [2.45, 2.75) is 11.0 Å². The van der Waals surface area contributed by atoms with Gasteiger partial charge in [0, 0.05) is 0 Å². The number of carbonyl (C=O) groups excluding carboxylic acids is 2. The number of rotatable bonds is 4. The van der Waals surface area contributed by atoms with Crippen molar-refractivity contribution in [2.24, 2.45) is 0 Å². The van der Waals surface area contributed by atoms with Gasteiger partial charge in [0.1, 0.15) is 11.5 Å². The predicted octanol–water partition coefficient (Wildman–Crippen LogP) is 2.16. The van der Waals surface area contributed by atoms with Crippen LogP contribution in [0.2, 0.25) is 0 Å². The molecule has 0 spiro atoms. The van der Waals surface area contributed by atoms with Crippen LogP contribution in [0.3, 0.4) is 0 Å². The summed E-state index contributed by atoms with van der Waals surface area (Å²) in [5.74, 6) is -7.00. The number of phenols is 2. The van der Waals surface area contributed by atoms with Crippen molar-refractivity contribution in [1.29, 1.82) is 0 Å². The van der Waals surface area contributed by atoms with Gasteiger partial charge in [-0.15, -0.1) is 0 Å². The third-order valence-electron chi connectivity index (χ3n) is 3.79. The second kappa shape index (κ2) is 8.67. The molecule has 0 radical (unpaired) electrons. The second-order valence-corrected chi connectivity index (χ2v) is 9.63. The summed E-state index contributed by atoms with van der Waals surface area (Å²) in [6.07, 6.45) is 0. The molecule has 0 aliphatic heterocycles. The van der Waals surface area contributed by atoms with E-state index < -0.39 is 74.4 Å². The van der Waals surface area contributed by atoms with Crippen LogP contribution in [0, 0.1) is 0 Å². The van der Waals surface area contributed by atoms with Crippen LogP contribution in [0.5, 0.6) is 11.5 Å². The van der Waals surface area contributed by atoms with E-state index in [9.17, 15) is 63.0 Å². The normalized spacial score (nSPS) is 12.8. The molecule has 0 aromatic heterocycles. The first-order valence-electron chi connectivity index (χ1n) is 8.22. The first kappa shape index (κ1) is 26.7. The van der Waals surface area contributed by atoms with Gasteiger partial charge in [0.15, 0.2) is 0 Å². The maximum atomic E-state index is 13.2. The van der Waals surface area contributed by atoms with Crippen molar-refractivity contribution in [3.63, 3.8) is 0 Å². The molecule has 0 fully saturated rings. The Bertz CT molecular complexity index is 1200. The van der Waals surface area contributed by atoms with Crippen molar-refractivity contribution >= 4 is 43.2 Å². The number of benzene rings is 2. The zero-order chi connectivity index (χ0) is 26.3. The molecule has 2 aromatic rings. The lowest BCUT2D eigenvalue weighted by atomic mass is 10.3. The number of hydrogen-bond donors (Lipinski definition) is 2. The zero-order valence-corrected chi connectivity index (χ0v) is 17.6. The average Bonchev–Trinajstić information content (AvgIpc) is 2.69. The van der Waals surface area contributed by atoms with Gasteiger partial charge in [-0.25, -0.2) is 0 Å². The van der Waals surface area contributed by atoms with Gasteiger partial charge in [-0.3, -0.25) is 9.59 Å². The topological polar surface area (TPSA) is 149 Å². The molecule has 0 aliphatic carbocycles. The van der Waals surface area contributed by atoms with Crippen LogP contribution in [0.4, 0.5) is 37.7 Å². The Morgan fingerprint density at radius 1 is 0.588 bits per heavy atom. The minimum absolute atomic E-state index is 0.396. The van der Waals surface area contributed by atoms with E-state index in [0.717, 1.165) is 0 Å². The molecule has 0 saturated heterocycles. The number of aromatic hydroxyl groups is 2. The van der Waals surface area contributed by atoms with Crippen LogP contribution >= 0.6 is 0 Å². The van der Waals surface area contributed by atoms with E-state index in [-0.39, 0.29) is 0 Å². The molecule has 34 heavy (non-hydrogen) atoms. The van der Waals surface area contributed by atoms with Gasteiger partial charge in [0.2, 0.25) is 0 Å². The molecule has 18 heteroatoms. The Kier molecular flexibility index (Phi) is 6.81. The number of nitrogens with zero attached hydrogens (tertiary/aromatic N) is 2. The lowest BCUT2D eigenvalue weighted by Crippen LogP contribution is -2.54. The Morgan fingerprint density at radius 2 is 0.824 bits per heavy atom.